The van der Waals surface area contributed by atoms with Crippen LogP contribution in [-0.2, 0) is 14.3 Å². The van der Waals surface area contributed by atoms with Crippen LogP contribution in [0.5, 0.6) is 0 Å². The third-order valence-electron chi connectivity index (χ3n) is 4.91. The fourth-order valence-electron chi connectivity index (χ4n) is 3.88. The number of rotatable bonds is 1. The second kappa shape index (κ2) is 5.81. The smallest absolute Gasteiger partial charge is 0.332 e. The number of fused-ring (bicyclic) bond motifs is 3. The van der Waals surface area contributed by atoms with Crippen LogP contribution in [0.2, 0.25) is 0 Å². The minimum atomic E-state index is -0.602. The number of piperidine rings is 1. The maximum Gasteiger partial charge on any atom is 0.332 e. The SMILES string of the molecule is CCOC#CC1=C[C@H](C)N2CCCCC2[C@@]2(C)OC(=O)C=C12. The minimum absolute atomic E-state index is 0.219. The molecule has 4 heteroatoms. The van der Waals surface area contributed by atoms with E-state index in [1.165, 1.54) is 12.8 Å². The molecule has 0 N–H and O–H groups in total. The lowest BCUT2D eigenvalue weighted by Crippen LogP contribution is -2.55. The van der Waals surface area contributed by atoms with E-state index in [4.69, 9.17) is 9.47 Å². The van der Waals surface area contributed by atoms with Crippen LogP contribution in [0.1, 0.15) is 40.0 Å². The van der Waals surface area contributed by atoms with Crippen LogP contribution in [0.15, 0.2) is 23.3 Å². The van der Waals surface area contributed by atoms with Gasteiger partial charge in [0.15, 0.2) is 5.60 Å². The monoisotopic (exact) mass is 301 g/mol. The van der Waals surface area contributed by atoms with Crippen molar-refractivity contribution in [3.05, 3.63) is 23.3 Å². The summed E-state index contributed by atoms with van der Waals surface area (Å²) in [4.78, 5) is 14.4. The zero-order valence-corrected chi connectivity index (χ0v) is 13.5. The fourth-order valence-corrected chi connectivity index (χ4v) is 3.88. The lowest BCUT2D eigenvalue weighted by molar-refractivity contribution is -0.151. The highest BCUT2D eigenvalue weighted by Crippen LogP contribution is 2.44. The lowest BCUT2D eigenvalue weighted by atomic mass is 9.81. The number of carbonyl (C=O) groups is 1. The maximum absolute atomic E-state index is 11.9. The molecule has 0 amide bonds. The van der Waals surface area contributed by atoms with Crippen molar-refractivity contribution in [1.82, 2.24) is 4.90 Å². The third kappa shape index (κ3) is 2.44. The van der Waals surface area contributed by atoms with Gasteiger partial charge in [-0.3, -0.25) is 4.90 Å². The maximum atomic E-state index is 11.9. The van der Waals surface area contributed by atoms with E-state index in [0.717, 1.165) is 24.1 Å². The van der Waals surface area contributed by atoms with Crippen LogP contribution in [-0.4, -0.2) is 41.7 Å². The van der Waals surface area contributed by atoms with Crippen LogP contribution in [0.3, 0.4) is 0 Å². The number of carbonyl (C=O) groups excluding carboxylic acids is 1. The van der Waals surface area contributed by atoms with E-state index in [0.29, 0.717) is 6.61 Å². The first-order valence-electron chi connectivity index (χ1n) is 8.12. The largest absolute Gasteiger partial charge is 0.450 e. The van der Waals surface area contributed by atoms with Gasteiger partial charge in [0.05, 0.1) is 12.6 Å². The van der Waals surface area contributed by atoms with Gasteiger partial charge in [0, 0.05) is 23.3 Å². The highest BCUT2D eigenvalue weighted by molar-refractivity contribution is 5.89. The molecule has 1 unspecified atom stereocenters. The Hall–Kier alpha value is -1.73. The molecule has 4 nitrogen and oxygen atoms in total. The van der Waals surface area contributed by atoms with Crippen molar-refractivity contribution >= 4 is 5.97 Å². The molecule has 3 heterocycles. The van der Waals surface area contributed by atoms with Crippen molar-refractivity contribution in [1.29, 1.82) is 0 Å². The van der Waals surface area contributed by atoms with E-state index in [-0.39, 0.29) is 18.1 Å². The van der Waals surface area contributed by atoms with Crippen molar-refractivity contribution in [2.24, 2.45) is 0 Å². The Morgan fingerprint density at radius 2 is 2.32 bits per heavy atom. The van der Waals surface area contributed by atoms with Gasteiger partial charge in [0.1, 0.15) is 6.11 Å². The van der Waals surface area contributed by atoms with Crippen molar-refractivity contribution in [2.45, 2.75) is 57.7 Å². The average Bonchev–Trinajstić information content (AvgIpc) is 2.78. The molecular formula is C18H23NO3. The van der Waals surface area contributed by atoms with Gasteiger partial charge in [0.25, 0.3) is 0 Å². The van der Waals surface area contributed by atoms with Crippen molar-refractivity contribution in [3.63, 3.8) is 0 Å². The predicted molar refractivity (Wildman–Crippen MR) is 83.9 cm³/mol. The van der Waals surface area contributed by atoms with E-state index in [2.05, 4.69) is 29.9 Å². The van der Waals surface area contributed by atoms with Gasteiger partial charge < -0.3 is 9.47 Å². The summed E-state index contributed by atoms with van der Waals surface area (Å²) in [5.41, 5.74) is 1.17. The van der Waals surface area contributed by atoms with Crippen LogP contribution in [0.25, 0.3) is 0 Å². The molecule has 3 rings (SSSR count). The molecule has 0 aromatic carbocycles. The van der Waals surface area contributed by atoms with Crippen LogP contribution in [0, 0.1) is 12.0 Å². The summed E-state index contributed by atoms with van der Waals surface area (Å²) >= 11 is 0. The molecule has 118 valence electrons. The highest BCUT2D eigenvalue weighted by atomic mass is 16.6. The van der Waals surface area contributed by atoms with Gasteiger partial charge in [-0.15, -0.1) is 0 Å². The van der Waals surface area contributed by atoms with Gasteiger partial charge >= 0.3 is 5.97 Å². The van der Waals surface area contributed by atoms with Crippen molar-refractivity contribution in [2.75, 3.05) is 13.2 Å². The van der Waals surface area contributed by atoms with Crippen molar-refractivity contribution < 1.29 is 14.3 Å². The van der Waals surface area contributed by atoms with Gasteiger partial charge in [-0.2, -0.15) is 0 Å². The zero-order chi connectivity index (χ0) is 15.7. The molecule has 3 aliphatic rings. The van der Waals surface area contributed by atoms with Crippen LogP contribution < -0.4 is 0 Å². The Balaban J connectivity index is 2.05. The van der Waals surface area contributed by atoms with E-state index in [1.54, 1.807) is 6.08 Å². The summed E-state index contributed by atoms with van der Waals surface area (Å²) in [6.45, 7) is 7.71. The number of ether oxygens (including phenoxy) is 2. The predicted octanol–water partition coefficient (Wildman–Crippen LogP) is 2.41. The second-order valence-electron chi connectivity index (χ2n) is 6.32. The normalized spacial score (nSPS) is 34.2. The molecule has 0 bridgehead atoms. The number of hydrogen-bond donors (Lipinski definition) is 0. The molecule has 3 aliphatic heterocycles. The van der Waals surface area contributed by atoms with Gasteiger partial charge in [0.2, 0.25) is 0 Å². The summed E-state index contributed by atoms with van der Waals surface area (Å²) in [6.07, 6.45) is 9.90. The molecule has 0 aromatic heterocycles. The standard InChI is InChI=1S/C18H23NO3/c1-4-21-10-8-14-11-13(2)19-9-6-5-7-16(19)18(3)15(14)12-17(20)22-18/h11-13,16H,4-7,9H2,1-3H3/t13-,16?,18-/m0/s1. The average molecular weight is 301 g/mol. The quantitative estimate of drug-likeness (QED) is 0.551. The summed E-state index contributed by atoms with van der Waals surface area (Å²) in [6, 6.07) is 0.495. The Morgan fingerprint density at radius 1 is 1.50 bits per heavy atom. The molecule has 0 aliphatic carbocycles. The second-order valence-corrected chi connectivity index (χ2v) is 6.32. The van der Waals surface area contributed by atoms with Gasteiger partial charge in [-0.05, 0) is 46.1 Å². The van der Waals surface area contributed by atoms with E-state index in [1.807, 2.05) is 13.8 Å². The van der Waals surface area contributed by atoms with E-state index in [9.17, 15) is 4.79 Å². The molecule has 0 aromatic rings. The lowest BCUT2D eigenvalue weighted by Gasteiger charge is -2.45. The molecule has 1 saturated heterocycles. The Labute approximate surface area is 132 Å². The van der Waals surface area contributed by atoms with E-state index >= 15 is 0 Å². The minimum Gasteiger partial charge on any atom is -0.450 e. The number of esters is 1. The molecule has 22 heavy (non-hydrogen) atoms. The Morgan fingerprint density at radius 3 is 3.09 bits per heavy atom. The van der Waals surface area contributed by atoms with Crippen LogP contribution >= 0.6 is 0 Å². The molecule has 1 fully saturated rings. The van der Waals surface area contributed by atoms with Gasteiger partial charge in [-0.25, -0.2) is 4.79 Å². The highest BCUT2D eigenvalue weighted by Gasteiger charge is 2.51. The first-order chi connectivity index (χ1) is 10.6. The molecule has 0 saturated carbocycles. The molecule has 0 radical (unpaired) electrons. The molecule has 0 spiro atoms. The number of nitrogens with zero attached hydrogens (tertiary/aromatic N) is 1. The zero-order valence-electron chi connectivity index (χ0n) is 13.5. The summed E-state index contributed by atoms with van der Waals surface area (Å²) < 4.78 is 10.9. The summed E-state index contributed by atoms with van der Waals surface area (Å²) in [5.74, 6) is 2.82. The van der Waals surface area contributed by atoms with Gasteiger partial charge in [-0.1, -0.05) is 12.5 Å². The summed E-state index contributed by atoms with van der Waals surface area (Å²) in [5, 5.41) is 0. The van der Waals surface area contributed by atoms with Crippen LogP contribution in [0.4, 0.5) is 0 Å². The van der Waals surface area contributed by atoms with E-state index < -0.39 is 5.60 Å². The first kappa shape index (κ1) is 15.2. The fraction of sp³-hybridized carbons (Fsp3) is 0.611. The molecule has 3 atom stereocenters. The first-order valence-corrected chi connectivity index (χ1v) is 8.12. The van der Waals surface area contributed by atoms with Crippen molar-refractivity contribution in [3.8, 4) is 12.0 Å². The third-order valence-corrected chi connectivity index (χ3v) is 4.91. The molecular weight excluding hydrogens is 278 g/mol. The Kier molecular flexibility index (Phi) is 4.01. The summed E-state index contributed by atoms with van der Waals surface area (Å²) in [7, 11) is 0. The number of hydrogen-bond acceptors (Lipinski definition) is 4. The Bertz CT molecular complexity index is 595. The topological polar surface area (TPSA) is 38.8 Å².